The van der Waals surface area contributed by atoms with Crippen LogP contribution in [0.2, 0.25) is 0 Å². The van der Waals surface area contributed by atoms with Crippen LogP contribution in [0, 0.1) is 0 Å². The number of amides is 1. The second-order valence-corrected chi connectivity index (χ2v) is 5.96. The first-order valence-electron chi connectivity index (χ1n) is 6.33. The highest BCUT2D eigenvalue weighted by Crippen LogP contribution is 2.06. The number of hydrogen-bond acceptors (Lipinski definition) is 4. The average molecular weight is 283 g/mol. The molecule has 0 saturated heterocycles. The van der Waals surface area contributed by atoms with Crippen LogP contribution in [0.1, 0.15) is 30.8 Å². The van der Waals surface area contributed by atoms with Crippen molar-refractivity contribution in [2.24, 2.45) is 0 Å². The van der Waals surface area contributed by atoms with Crippen LogP contribution in [0.3, 0.4) is 0 Å². The molecule has 5 nitrogen and oxygen atoms in total. The van der Waals surface area contributed by atoms with E-state index in [1.165, 1.54) is 0 Å². The third-order valence-electron chi connectivity index (χ3n) is 2.59. The predicted molar refractivity (Wildman–Crippen MR) is 78.9 cm³/mol. The summed E-state index contributed by atoms with van der Waals surface area (Å²) in [6.07, 6.45) is 4.00. The summed E-state index contributed by atoms with van der Waals surface area (Å²) < 4.78 is 11.0. The van der Waals surface area contributed by atoms with Crippen molar-refractivity contribution < 1.29 is 9.00 Å². The van der Waals surface area contributed by atoms with Gasteiger partial charge in [0.05, 0.1) is 11.9 Å². The Morgan fingerprint density at radius 2 is 2.21 bits per heavy atom. The molecule has 0 aromatic carbocycles. The first kappa shape index (κ1) is 15.6. The number of nitrogens with zero attached hydrogens (tertiary/aromatic N) is 1. The van der Waals surface area contributed by atoms with Gasteiger partial charge < -0.3 is 10.6 Å². The van der Waals surface area contributed by atoms with Crippen LogP contribution in [0.25, 0.3) is 0 Å². The highest BCUT2D eigenvalue weighted by molar-refractivity contribution is 7.84. The van der Waals surface area contributed by atoms with Crippen molar-refractivity contribution in [1.82, 2.24) is 10.3 Å². The van der Waals surface area contributed by atoms with Crippen molar-refractivity contribution in [3.05, 3.63) is 24.0 Å². The molecule has 0 fully saturated rings. The first-order valence-corrected chi connectivity index (χ1v) is 8.06. The quantitative estimate of drug-likeness (QED) is 0.793. The lowest BCUT2D eigenvalue weighted by molar-refractivity contribution is 0.0934. The smallest absolute Gasteiger partial charge is 0.270 e. The maximum absolute atomic E-state index is 11.9. The van der Waals surface area contributed by atoms with Gasteiger partial charge in [0.1, 0.15) is 5.69 Å². The van der Waals surface area contributed by atoms with E-state index in [-0.39, 0.29) is 11.9 Å². The number of hydrogen-bond donors (Lipinski definition) is 2. The van der Waals surface area contributed by atoms with Gasteiger partial charge in [-0.25, -0.2) is 4.98 Å². The van der Waals surface area contributed by atoms with Crippen LogP contribution in [0.15, 0.2) is 18.3 Å². The number of carbonyl (C=O) groups excluding carboxylic acids is 1. The second kappa shape index (κ2) is 7.89. The van der Waals surface area contributed by atoms with Crippen molar-refractivity contribution in [1.29, 1.82) is 0 Å². The molecule has 0 bridgehead atoms. The van der Waals surface area contributed by atoms with Crippen LogP contribution in [0.5, 0.6) is 0 Å². The minimum absolute atomic E-state index is 0.00774. The summed E-state index contributed by atoms with van der Waals surface area (Å²) in [7, 11) is -0.826. The molecule has 0 radical (unpaired) electrons. The van der Waals surface area contributed by atoms with Gasteiger partial charge in [-0.1, -0.05) is 0 Å². The molecule has 0 spiro atoms. The summed E-state index contributed by atoms with van der Waals surface area (Å²) in [5, 5.41) is 5.97. The van der Waals surface area contributed by atoms with Crippen LogP contribution in [-0.2, 0) is 10.8 Å². The first-order chi connectivity index (χ1) is 9.02. The largest absolute Gasteiger partial charge is 0.384 e. The predicted octanol–water partition coefficient (Wildman–Crippen LogP) is 1.40. The van der Waals surface area contributed by atoms with Gasteiger partial charge in [0.25, 0.3) is 5.91 Å². The van der Waals surface area contributed by atoms with E-state index in [9.17, 15) is 9.00 Å². The van der Waals surface area contributed by atoms with Gasteiger partial charge in [-0.15, -0.1) is 0 Å². The van der Waals surface area contributed by atoms with Gasteiger partial charge >= 0.3 is 0 Å². The lowest BCUT2D eigenvalue weighted by Crippen LogP contribution is -2.34. The van der Waals surface area contributed by atoms with E-state index in [1.807, 2.05) is 19.9 Å². The van der Waals surface area contributed by atoms with E-state index in [0.29, 0.717) is 17.9 Å². The molecule has 2 N–H and O–H groups in total. The van der Waals surface area contributed by atoms with Gasteiger partial charge in [0, 0.05) is 35.4 Å². The molecule has 0 aliphatic heterocycles. The number of nitrogens with one attached hydrogen (secondary N) is 2. The molecule has 1 heterocycles. The van der Waals surface area contributed by atoms with Crippen molar-refractivity contribution >= 4 is 22.4 Å². The summed E-state index contributed by atoms with van der Waals surface area (Å²) in [4.78, 5) is 16.0. The van der Waals surface area contributed by atoms with Gasteiger partial charge in [-0.2, -0.15) is 0 Å². The maximum atomic E-state index is 11.9. The summed E-state index contributed by atoms with van der Waals surface area (Å²) in [6, 6.07) is 3.52. The zero-order chi connectivity index (χ0) is 14.3. The number of rotatable bonds is 7. The van der Waals surface area contributed by atoms with E-state index >= 15 is 0 Å². The standard InChI is InChI=1S/C13H21N3O2S/c1-4-14-11-5-6-12(15-9-11)13(17)16-10(2)7-8-19(3)18/h5-6,9-10,14H,4,7-8H2,1-3H3,(H,16,17). The zero-order valence-electron chi connectivity index (χ0n) is 11.6. The Kier molecular flexibility index (Phi) is 6.49. The molecule has 106 valence electrons. The molecule has 1 aromatic rings. The van der Waals surface area contributed by atoms with Gasteiger partial charge in [0.2, 0.25) is 0 Å². The topological polar surface area (TPSA) is 71.1 Å². The van der Waals surface area contributed by atoms with Crippen LogP contribution in [-0.4, -0.2) is 39.7 Å². The molecule has 0 saturated carbocycles. The Balaban J connectivity index is 2.50. The van der Waals surface area contributed by atoms with Crippen molar-refractivity contribution in [3.63, 3.8) is 0 Å². The molecule has 0 aliphatic rings. The number of pyridine rings is 1. The summed E-state index contributed by atoms with van der Waals surface area (Å²) in [5.74, 6) is 0.395. The molecule has 6 heteroatoms. The van der Waals surface area contributed by atoms with E-state index in [1.54, 1.807) is 18.5 Å². The fourth-order valence-electron chi connectivity index (χ4n) is 1.55. The van der Waals surface area contributed by atoms with Gasteiger partial charge in [0.15, 0.2) is 0 Å². The Bertz CT molecular complexity index is 434. The molecule has 1 rings (SSSR count). The molecule has 19 heavy (non-hydrogen) atoms. The van der Waals surface area contributed by atoms with E-state index in [0.717, 1.165) is 12.2 Å². The molecule has 0 aliphatic carbocycles. The van der Waals surface area contributed by atoms with Crippen molar-refractivity contribution in [2.75, 3.05) is 23.9 Å². The lowest BCUT2D eigenvalue weighted by Gasteiger charge is -2.12. The highest BCUT2D eigenvalue weighted by Gasteiger charge is 2.11. The van der Waals surface area contributed by atoms with Crippen LogP contribution in [0.4, 0.5) is 5.69 Å². The molecule has 1 amide bonds. The van der Waals surface area contributed by atoms with E-state index in [2.05, 4.69) is 15.6 Å². The van der Waals surface area contributed by atoms with E-state index < -0.39 is 10.8 Å². The van der Waals surface area contributed by atoms with Crippen molar-refractivity contribution in [2.45, 2.75) is 26.3 Å². The molecule has 2 atom stereocenters. The minimum atomic E-state index is -0.826. The Morgan fingerprint density at radius 1 is 1.47 bits per heavy atom. The third kappa shape index (κ3) is 5.83. The fourth-order valence-corrected chi connectivity index (χ4v) is 2.23. The summed E-state index contributed by atoms with van der Waals surface area (Å²) >= 11 is 0. The fraction of sp³-hybridized carbons (Fsp3) is 0.538. The minimum Gasteiger partial charge on any atom is -0.384 e. The molecule has 2 unspecified atom stereocenters. The molecular formula is C13H21N3O2S. The van der Waals surface area contributed by atoms with Gasteiger partial charge in [-0.3, -0.25) is 9.00 Å². The van der Waals surface area contributed by atoms with E-state index in [4.69, 9.17) is 0 Å². The maximum Gasteiger partial charge on any atom is 0.270 e. The summed E-state index contributed by atoms with van der Waals surface area (Å²) in [5.41, 5.74) is 1.29. The summed E-state index contributed by atoms with van der Waals surface area (Å²) in [6.45, 7) is 4.72. The monoisotopic (exact) mass is 283 g/mol. The number of carbonyl (C=O) groups is 1. The number of anilines is 1. The molecular weight excluding hydrogens is 262 g/mol. The average Bonchev–Trinajstić information content (AvgIpc) is 2.37. The Hall–Kier alpha value is -1.43. The van der Waals surface area contributed by atoms with Crippen molar-refractivity contribution in [3.8, 4) is 0 Å². The Labute approximate surface area is 116 Å². The molecule has 1 aromatic heterocycles. The lowest BCUT2D eigenvalue weighted by atomic mass is 10.2. The normalized spacial score (nSPS) is 13.6. The Morgan fingerprint density at radius 3 is 2.74 bits per heavy atom. The van der Waals surface area contributed by atoms with Gasteiger partial charge in [-0.05, 0) is 32.4 Å². The zero-order valence-corrected chi connectivity index (χ0v) is 12.4. The third-order valence-corrected chi connectivity index (χ3v) is 3.40. The van der Waals surface area contributed by atoms with Crippen LogP contribution < -0.4 is 10.6 Å². The SMILES string of the molecule is CCNc1ccc(C(=O)NC(C)CCS(C)=O)nc1. The number of aromatic nitrogens is 1. The van der Waals surface area contributed by atoms with Crippen LogP contribution >= 0.6 is 0 Å². The second-order valence-electron chi connectivity index (χ2n) is 4.40. The highest BCUT2D eigenvalue weighted by atomic mass is 32.2.